The van der Waals surface area contributed by atoms with E-state index >= 15 is 0 Å². The Kier molecular flexibility index (Phi) is 6.18. The summed E-state index contributed by atoms with van der Waals surface area (Å²) in [5.41, 5.74) is 1.85. The van der Waals surface area contributed by atoms with Gasteiger partial charge in [-0.3, -0.25) is 10.1 Å². The lowest BCUT2D eigenvalue weighted by molar-refractivity contribution is -0.118. The molecule has 0 saturated carbocycles. The third-order valence-corrected chi connectivity index (χ3v) is 3.64. The van der Waals surface area contributed by atoms with Crippen LogP contribution < -0.4 is 15.4 Å². The van der Waals surface area contributed by atoms with Crippen molar-refractivity contribution < 1.29 is 9.53 Å². The number of amides is 1. The topological polar surface area (TPSA) is 50.4 Å². The Morgan fingerprint density at radius 1 is 1.04 bits per heavy atom. The standard InChI is InChI=1S/C19H24N2O2/c1-4-23-18-13-9-8-12-17(18)21-19(22)15(3)20-14(2)16-10-6-5-7-11-16/h5-15,20H,4H2,1-3H3,(H,21,22)/t14-,15-/m0/s1. The van der Waals surface area contributed by atoms with Crippen LogP contribution in [0.25, 0.3) is 0 Å². The van der Waals surface area contributed by atoms with Gasteiger partial charge in [0.1, 0.15) is 5.75 Å². The highest BCUT2D eigenvalue weighted by molar-refractivity contribution is 5.95. The van der Waals surface area contributed by atoms with Crippen molar-refractivity contribution in [2.75, 3.05) is 11.9 Å². The van der Waals surface area contributed by atoms with Crippen LogP contribution >= 0.6 is 0 Å². The molecule has 0 saturated heterocycles. The van der Waals surface area contributed by atoms with Gasteiger partial charge >= 0.3 is 0 Å². The lowest BCUT2D eigenvalue weighted by Gasteiger charge is -2.20. The number of hydrogen-bond donors (Lipinski definition) is 2. The highest BCUT2D eigenvalue weighted by Crippen LogP contribution is 2.24. The average Bonchev–Trinajstić information content (AvgIpc) is 2.57. The van der Waals surface area contributed by atoms with E-state index in [4.69, 9.17) is 4.74 Å². The number of benzene rings is 2. The summed E-state index contributed by atoms with van der Waals surface area (Å²) in [6.45, 7) is 6.39. The largest absolute Gasteiger partial charge is 0.492 e. The van der Waals surface area contributed by atoms with E-state index in [1.54, 1.807) is 0 Å². The van der Waals surface area contributed by atoms with Gasteiger partial charge in [-0.25, -0.2) is 0 Å². The number of ether oxygens (including phenoxy) is 1. The molecule has 0 radical (unpaired) electrons. The monoisotopic (exact) mass is 312 g/mol. The SMILES string of the molecule is CCOc1ccccc1NC(=O)[C@H](C)N[C@@H](C)c1ccccc1. The number of carbonyl (C=O) groups is 1. The number of anilines is 1. The van der Waals surface area contributed by atoms with Crippen molar-refractivity contribution in [3.05, 3.63) is 60.2 Å². The molecular weight excluding hydrogens is 288 g/mol. The minimum absolute atomic E-state index is 0.0834. The predicted molar refractivity (Wildman–Crippen MR) is 93.7 cm³/mol. The summed E-state index contributed by atoms with van der Waals surface area (Å²) >= 11 is 0. The van der Waals surface area contributed by atoms with Gasteiger partial charge in [0, 0.05) is 6.04 Å². The molecule has 0 aliphatic carbocycles. The molecule has 1 amide bonds. The second-order valence-electron chi connectivity index (χ2n) is 5.44. The molecule has 0 unspecified atom stereocenters. The van der Waals surface area contributed by atoms with Crippen molar-refractivity contribution in [1.29, 1.82) is 0 Å². The summed E-state index contributed by atoms with van der Waals surface area (Å²) < 4.78 is 5.53. The molecule has 2 atom stereocenters. The summed E-state index contributed by atoms with van der Waals surface area (Å²) in [6.07, 6.45) is 0. The van der Waals surface area contributed by atoms with Crippen molar-refractivity contribution >= 4 is 11.6 Å². The molecule has 0 aliphatic rings. The number of rotatable bonds is 7. The van der Waals surface area contributed by atoms with Gasteiger partial charge in [-0.2, -0.15) is 0 Å². The molecule has 0 aliphatic heterocycles. The van der Waals surface area contributed by atoms with Crippen LogP contribution in [0, 0.1) is 0 Å². The summed E-state index contributed by atoms with van der Waals surface area (Å²) in [4.78, 5) is 12.4. The molecule has 0 heterocycles. The Morgan fingerprint density at radius 3 is 2.39 bits per heavy atom. The van der Waals surface area contributed by atoms with Gasteiger partial charge in [-0.15, -0.1) is 0 Å². The van der Waals surface area contributed by atoms with Crippen LogP contribution in [0.4, 0.5) is 5.69 Å². The second-order valence-corrected chi connectivity index (χ2v) is 5.44. The van der Waals surface area contributed by atoms with Crippen LogP contribution in [0.5, 0.6) is 5.75 Å². The van der Waals surface area contributed by atoms with Crippen LogP contribution in [0.2, 0.25) is 0 Å². The molecule has 2 N–H and O–H groups in total. The Hall–Kier alpha value is -2.33. The van der Waals surface area contributed by atoms with E-state index in [0.717, 1.165) is 5.56 Å². The lowest BCUT2D eigenvalue weighted by Crippen LogP contribution is -2.39. The van der Waals surface area contributed by atoms with Crippen LogP contribution in [0.3, 0.4) is 0 Å². The maximum absolute atomic E-state index is 12.4. The number of carbonyl (C=O) groups excluding carboxylic acids is 1. The maximum atomic E-state index is 12.4. The van der Waals surface area contributed by atoms with Crippen LogP contribution in [-0.4, -0.2) is 18.6 Å². The second kappa shape index (κ2) is 8.34. The van der Waals surface area contributed by atoms with E-state index in [-0.39, 0.29) is 18.0 Å². The fourth-order valence-electron chi connectivity index (χ4n) is 2.38. The lowest BCUT2D eigenvalue weighted by atomic mass is 10.1. The number of hydrogen-bond acceptors (Lipinski definition) is 3. The zero-order valence-corrected chi connectivity index (χ0v) is 13.9. The first-order valence-corrected chi connectivity index (χ1v) is 7.95. The van der Waals surface area contributed by atoms with Gasteiger partial charge in [0.05, 0.1) is 18.3 Å². The molecule has 2 aromatic carbocycles. The molecule has 122 valence electrons. The number of para-hydroxylation sites is 2. The zero-order chi connectivity index (χ0) is 16.7. The van der Waals surface area contributed by atoms with Gasteiger partial charge in [-0.1, -0.05) is 42.5 Å². The van der Waals surface area contributed by atoms with Crippen LogP contribution in [0.15, 0.2) is 54.6 Å². The first-order chi connectivity index (χ1) is 11.1. The highest BCUT2D eigenvalue weighted by Gasteiger charge is 2.17. The Balaban J connectivity index is 1.98. The fourth-order valence-corrected chi connectivity index (χ4v) is 2.38. The fraction of sp³-hybridized carbons (Fsp3) is 0.316. The van der Waals surface area contributed by atoms with Gasteiger partial charge < -0.3 is 10.1 Å². The molecule has 2 aromatic rings. The van der Waals surface area contributed by atoms with Crippen molar-refractivity contribution in [3.8, 4) is 5.75 Å². The average molecular weight is 312 g/mol. The third-order valence-electron chi connectivity index (χ3n) is 3.64. The van der Waals surface area contributed by atoms with E-state index < -0.39 is 0 Å². The van der Waals surface area contributed by atoms with Crippen LogP contribution in [-0.2, 0) is 4.79 Å². The van der Waals surface area contributed by atoms with Gasteiger partial charge in [0.25, 0.3) is 0 Å². The first-order valence-electron chi connectivity index (χ1n) is 7.95. The quantitative estimate of drug-likeness (QED) is 0.818. The maximum Gasteiger partial charge on any atom is 0.241 e. The summed E-state index contributed by atoms with van der Waals surface area (Å²) in [6, 6.07) is 17.3. The van der Waals surface area contributed by atoms with Gasteiger partial charge in [0.15, 0.2) is 0 Å². The normalized spacial score (nSPS) is 13.2. The molecule has 0 spiro atoms. The predicted octanol–water partition coefficient (Wildman–Crippen LogP) is 3.76. The van der Waals surface area contributed by atoms with Crippen molar-refractivity contribution in [2.45, 2.75) is 32.9 Å². The highest BCUT2D eigenvalue weighted by atomic mass is 16.5. The van der Waals surface area contributed by atoms with Crippen molar-refractivity contribution in [2.24, 2.45) is 0 Å². The van der Waals surface area contributed by atoms with Gasteiger partial charge in [-0.05, 0) is 38.5 Å². The van der Waals surface area contributed by atoms with Gasteiger partial charge in [0.2, 0.25) is 5.91 Å². The van der Waals surface area contributed by atoms with E-state index in [2.05, 4.69) is 10.6 Å². The van der Waals surface area contributed by atoms with E-state index in [1.165, 1.54) is 0 Å². The zero-order valence-electron chi connectivity index (χ0n) is 13.9. The van der Waals surface area contributed by atoms with E-state index in [1.807, 2.05) is 75.4 Å². The summed E-state index contributed by atoms with van der Waals surface area (Å²) in [5, 5.41) is 6.24. The minimum Gasteiger partial charge on any atom is -0.492 e. The summed E-state index contributed by atoms with van der Waals surface area (Å²) in [5.74, 6) is 0.603. The third kappa shape index (κ3) is 4.83. The molecule has 0 fully saturated rings. The van der Waals surface area contributed by atoms with E-state index in [9.17, 15) is 4.79 Å². The Bertz CT molecular complexity index is 628. The van der Waals surface area contributed by atoms with Crippen molar-refractivity contribution in [3.63, 3.8) is 0 Å². The first kappa shape index (κ1) is 17.0. The molecular formula is C19H24N2O2. The Morgan fingerprint density at radius 2 is 1.70 bits per heavy atom. The molecule has 4 nitrogen and oxygen atoms in total. The van der Waals surface area contributed by atoms with Crippen LogP contribution in [0.1, 0.15) is 32.4 Å². The Labute approximate surface area is 137 Å². The molecule has 0 aromatic heterocycles. The minimum atomic E-state index is -0.320. The number of nitrogens with one attached hydrogen (secondary N) is 2. The smallest absolute Gasteiger partial charge is 0.241 e. The summed E-state index contributed by atoms with van der Waals surface area (Å²) in [7, 11) is 0. The molecule has 0 bridgehead atoms. The van der Waals surface area contributed by atoms with E-state index in [0.29, 0.717) is 18.0 Å². The molecule has 4 heteroatoms. The van der Waals surface area contributed by atoms with Crippen molar-refractivity contribution in [1.82, 2.24) is 5.32 Å². The molecule has 23 heavy (non-hydrogen) atoms. The molecule has 2 rings (SSSR count).